The minimum atomic E-state index is -3.46. The molecule has 0 aliphatic rings. The van der Waals surface area contributed by atoms with Gasteiger partial charge in [0.1, 0.15) is 0 Å². The van der Waals surface area contributed by atoms with E-state index < -0.39 is 9.84 Å². The van der Waals surface area contributed by atoms with E-state index in [0.717, 1.165) is 0 Å². The van der Waals surface area contributed by atoms with Gasteiger partial charge in [0.05, 0.1) is 10.6 Å². The predicted octanol–water partition coefficient (Wildman–Crippen LogP) is 1.42. The molecule has 0 heterocycles. The molecule has 1 aromatic carbocycles. The minimum absolute atomic E-state index is 0.0231. The van der Waals surface area contributed by atoms with Gasteiger partial charge in [-0.05, 0) is 41.0 Å². The van der Waals surface area contributed by atoms with Crippen molar-refractivity contribution in [2.75, 3.05) is 25.9 Å². The Morgan fingerprint density at radius 2 is 2.00 bits per heavy atom. The third kappa shape index (κ3) is 4.88. The summed E-state index contributed by atoms with van der Waals surface area (Å²) in [5.41, 5.74) is 5.37. The van der Waals surface area contributed by atoms with Crippen LogP contribution in [-0.2, 0) is 14.6 Å². The van der Waals surface area contributed by atoms with Crippen LogP contribution >= 0.6 is 15.9 Å². The van der Waals surface area contributed by atoms with E-state index in [1.807, 2.05) is 0 Å². The lowest BCUT2D eigenvalue weighted by Crippen LogP contribution is -2.30. The summed E-state index contributed by atoms with van der Waals surface area (Å²) in [5, 5.41) is 0. The standard InChI is InChI=1S/C13H19BrN2O3S/c1-16(9-4-8-15)13(17)7-10-20(18,19)12-6-3-2-5-11(12)14/h2-3,5-6H,4,7-10,15H2,1H3. The number of amides is 1. The van der Waals surface area contributed by atoms with Crippen LogP contribution < -0.4 is 5.73 Å². The molecule has 0 saturated heterocycles. The maximum atomic E-state index is 12.2. The fraction of sp³-hybridized carbons (Fsp3) is 0.462. The second-order valence-electron chi connectivity index (χ2n) is 4.46. The van der Waals surface area contributed by atoms with Crippen LogP contribution in [0.15, 0.2) is 33.6 Å². The first-order chi connectivity index (χ1) is 9.38. The molecule has 112 valence electrons. The summed E-state index contributed by atoms with van der Waals surface area (Å²) in [6.45, 7) is 1.05. The lowest BCUT2D eigenvalue weighted by Gasteiger charge is -2.16. The molecule has 0 bridgehead atoms. The highest BCUT2D eigenvalue weighted by atomic mass is 79.9. The van der Waals surface area contributed by atoms with Crippen molar-refractivity contribution in [1.29, 1.82) is 0 Å². The second-order valence-corrected chi connectivity index (χ2v) is 7.39. The maximum Gasteiger partial charge on any atom is 0.223 e. The van der Waals surface area contributed by atoms with Crippen molar-refractivity contribution in [1.82, 2.24) is 4.90 Å². The minimum Gasteiger partial charge on any atom is -0.346 e. The average molecular weight is 363 g/mol. The van der Waals surface area contributed by atoms with Gasteiger partial charge in [-0.25, -0.2) is 8.42 Å². The Morgan fingerprint density at radius 3 is 2.60 bits per heavy atom. The van der Waals surface area contributed by atoms with Crippen molar-refractivity contribution in [3.63, 3.8) is 0 Å². The third-order valence-electron chi connectivity index (χ3n) is 2.88. The molecule has 0 aliphatic carbocycles. The molecule has 1 aromatic rings. The molecule has 2 N–H and O–H groups in total. The molecule has 20 heavy (non-hydrogen) atoms. The molecule has 0 radical (unpaired) electrons. The topological polar surface area (TPSA) is 80.5 Å². The molecule has 0 aromatic heterocycles. The van der Waals surface area contributed by atoms with E-state index >= 15 is 0 Å². The zero-order valence-electron chi connectivity index (χ0n) is 11.4. The molecule has 0 atom stereocenters. The van der Waals surface area contributed by atoms with Gasteiger partial charge in [0.15, 0.2) is 9.84 Å². The van der Waals surface area contributed by atoms with Gasteiger partial charge in [0.25, 0.3) is 0 Å². The number of carbonyl (C=O) groups is 1. The molecule has 0 saturated carbocycles. The highest BCUT2D eigenvalue weighted by Gasteiger charge is 2.20. The van der Waals surface area contributed by atoms with Crippen LogP contribution in [0.1, 0.15) is 12.8 Å². The Kier molecular flexibility index (Phi) is 6.64. The van der Waals surface area contributed by atoms with E-state index in [2.05, 4.69) is 15.9 Å². The molecular formula is C13H19BrN2O3S. The van der Waals surface area contributed by atoms with Gasteiger partial charge in [-0.3, -0.25) is 4.79 Å². The average Bonchev–Trinajstić information content (AvgIpc) is 2.42. The van der Waals surface area contributed by atoms with Gasteiger partial charge < -0.3 is 10.6 Å². The summed E-state index contributed by atoms with van der Waals surface area (Å²) in [4.78, 5) is 13.6. The van der Waals surface area contributed by atoms with Gasteiger partial charge in [-0.1, -0.05) is 12.1 Å². The van der Waals surface area contributed by atoms with Crippen molar-refractivity contribution in [2.24, 2.45) is 5.73 Å². The zero-order chi connectivity index (χ0) is 15.2. The first-order valence-electron chi connectivity index (χ1n) is 6.30. The van der Waals surface area contributed by atoms with E-state index in [4.69, 9.17) is 5.73 Å². The van der Waals surface area contributed by atoms with Gasteiger partial charge >= 0.3 is 0 Å². The van der Waals surface area contributed by atoms with E-state index in [1.54, 1.807) is 25.2 Å². The fourth-order valence-electron chi connectivity index (χ4n) is 1.67. The number of carbonyl (C=O) groups excluding carboxylic acids is 1. The quantitative estimate of drug-likeness (QED) is 0.795. The summed E-state index contributed by atoms with van der Waals surface area (Å²) in [6, 6.07) is 6.60. The molecule has 7 heteroatoms. The summed E-state index contributed by atoms with van der Waals surface area (Å²) in [7, 11) is -1.80. The van der Waals surface area contributed by atoms with Crippen LogP contribution in [0.25, 0.3) is 0 Å². The lowest BCUT2D eigenvalue weighted by atomic mass is 10.3. The molecule has 0 unspecified atom stereocenters. The normalized spacial score (nSPS) is 11.3. The van der Waals surface area contributed by atoms with E-state index in [0.29, 0.717) is 24.0 Å². The fourth-order valence-corrected chi connectivity index (χ4v) is 4.01. The van der Waals surface area contributed by atoms with Crippen LogP contribution in [0.2, 0.25) is 0 Å². The first kappa shape index (κ1) is 17.1. The van der Waals surface area contributed by atoms with Crippen molar-refractivity contribution in [2.45, 2.75) is 17.7 Å². The Bertz CT molecular complexity index is 560. The molecule has 1 rings (SSSR count). The van der Waals surface area contributed by atoms with Crippen molar-refractivity contribution in [3.05, 3.63) is 28.7 Å². The molecule has 5 nitrogen and oxygen atoms in total. The van der Waals surface area contributed by atoms with Gasteiger partial charge in [-0.15, -0.1) is 0 Å². The van der Waals surface area contributed by atoms with Crippen LogP contribution in [0.3, 0.4) is 0 Å². The highest BCUT2D eigenvalue weighted by Crippen LogP contribution is 2.22. The van der Waals surface area contributed by atoms with Gasteiger partial charge in [0, 0.05) is 24.5 Å². The largest absolute Gasteiger partial charge is 0.346 e. The first-order valence-corrected chi connectivity index (χ1v) is 8.74. The molecule has 0 fully saturated rings. The van der Waals surface area contributed by atoms with Crippen molar-refractivity contribution in [3.8, 4) is 0 Å². The van der Waals surface area contributed by atoms with Crippen LogP contribution in [0.5, 0.6) is 0 Å². The van der Waals surface area contributed by atoms with Gasteiger partial charge in [0.2, 0.25) is 5.91 Å². The predicted molar refractivity (Wildman–Crippen MR) is 82.1 cm³/mol. The molecule has 0 aliphatic heterocycles. The van der Waals surface area contributed by atoms with Crippen molar-refractivity contribution >= 4 is 31.7 Å². The number of sulfone groups is 1. The Labute approximate surface area is 128 Å². The smallest absolute Gasteiger partial charge is 0.223 e. The number of nitrogens with zero attached hydrogens (tertiary/aromatic N) is 1. The monoisotopic (exact) mass is 362 g/mol. The van der Waals surface area contributed by atoms with Crippen molar-refractivity contribution < 1.29 is 13.2 Å². The van der Waals surface area contributed by atoms with Crippen LogP contribution in [0.4, 0.5) is 0 Å². The summed E-state index contributed by atoms with van der Waals surface area (Å²) >= 11 is 3.21. The molecule has 1 amide bonds. The number of hydrogen-bond acceptors (Lipinski definition) is 4. The number of hydrogen-bond donors (Lipinski definition) is 1. The SMILES string of the molecule is CN(CCCN)C(=O)CCS(=O)(=O)c1ccccc1Br. The Hall–Kier alpha value is -0.920. The second kappa shape index (κ2) is 7.75. The maximum absolute atomic E-state index is 12.2. The van der Waals surface area contributed by atoms with Gasteiger partial charge in [-0.2, -0.15) is 0 Å². The molecule has 0 spiro atoms. The Morgan fingerprint density at radius 1 is 1.35 bits per heavy atom. The lowest BCUT2D eigenvalue weighted by molar-refractivity contribution is -0.129. The number of benzene rings is 1. The van der Waals surface area contributed by atoms with Crippen LogP contribution in [-0.4, -0.2) is 45.1 Å². The highest BCUT2D eigenvalue weighted by molar-refractivity contribution is 9.10. The number of rotatable bonds is 7. The van der Waals surface area contributed by atoms with E-state index in [9.17, 15) is 13.2 Å². The summed E-state index contributed by atoms with van der Waals surface area (Å²) < 4.78 is 24.9. The number of nitrogens with two attached hydrogens (primary N) is 1. The van der Waals surface area contributed by atoms with E-state index in [-0.39, 0.29) is 23.0 Å². The van der Waals surface area contributed by atoms with Crippen LogP contribution in [0, 0.1) is 0 Å². The zero-order valence-corrected chi connectivity index (χ0v) is 13.8. The number of halogens is 1. The van der Waals surface area contributed by atoms with E-state index in [1.165, 1.54) is 11.0 Å². The summed E-state index contributed by atoms with van der Waals surface area (Å²) in [5.74, 6) is -0.379. The molecular weight excluding hydrogens is 344 g/mol. The third-order valence-corrected chi connectivity index (χ3v) is 5.60. The summed E-state index contributed by atoms with van der Waals surface area (Å²) in [6.07, 6.45) is 0.684. The Balaban J connectivity index is 2.65.